The number of carboxylic acids is 1. The van der Waals surface area contributed by atoms with E-state index in [2.05, 4.69) is 0 Å². The lowest BCUT2D eigenvalue weighted by Gasteiger charge is -2.25. The van der Waals surface area contributed by atoms with E-state index >= 15 is 0 Å². The molecule has 0 heterocycles. The molecule has 1 aromatic carbocycles. The number of hydrogen-bond acceptors (Lipinski definition) is 4. The van der Waals surface area contributed by atoms with Crippen molar-refractivity contribution in [2.24, 2.45) is 11.3 Å². The SMILES string of the molecule is Cc1ccc(N(CC(=O)O)C(=O)C(C)CSC(=O)C(C)(C)C)cc1. The molecule has 1 atom stereocenters. The Balaban J connectivity index is 2.86. The van der Waals surface area contributed by atoms with Crippen LogP contribution in [0.1, 0.15) is 33.3 Å². The largest absolute Gasteiger partial charge is 0.480 e. The molecule has 1 N–H and O–H groups in total. The first-order chi connectivity index (χ1) is 11.0. The summed E-state index contributed by atoms with van der Waals surface area (Å²) in [5.74, 6) is -1.50. The normalized spacial score (nSPS) is 12.5. The van der Waals surface area contributed by atoms with E-state index in [0.29, 0.717) is 11.4 Å². The van der Waals surface area contributed by atoms with Gasteiger partial charge in [0.1, 0.15) is 6.54 Å². The van der Waals surface area contributed by atoms with Crippen molar-refractivity contribution in [2.75, 3.05) is 17.2 Å². The van der Waals surface area contributed by atoms with Gasteiger partial charge in [-0.15, -0.1) is 0 Å². The van der Waals surface area contributed by atoms with E-state index in [-0.39, 0.29) is 11.0 Å². The number of carbonyl (C=O) groups is 3. The predicted octanol–water partition coefficient (Wildman–Crippen LogP) is 3.35. The molecule has 0 bridgehead atoms. The lowest BCUT2D eigenvalue weighted by molar-refractivity contribution is -0.137. The zero-order valence-electron chi connectivity index (χ0n) is 14.8. The number of anilines is 1. The third-order valence-electron chi connectivity index (χ3n) is 3.40. The maximum atomic E-state index is 12.7. The van der Waals surface area contributed by atoms with Crippen LogP contribution in [0.3, 0.4) is 0 Å². The fourth-order valence-electron chi connectivity index (χ4n) is 1.91. The molecule has 1 aromatic rings. The first-order valence-electron chi connectivity index (χ1n) is 7.79. The first-order valence-corrected chi connectivity index (χ1v) is 8.78. The van der Waals surface area contributed by atoms with Gasteiger partial charge in [-0.25, -0.2) is 0 Å². The highest BCUT2D eigenvalue weighted by Gasteiger charge is 2.27. The molecular weight excluding hydrogens is 326 g/mol. The summed E-state index contributed by atoms with van der Waals surface area (Å²) < 4.78 is 0. The van der Waals surface area contributed by atoms with Crippen LogP contribution in [0.4, 0.5) is 5.69 Å². The minimum absolute atomic E-state index is 0.0160. The number of carboxylic acid groups (broad SMARTS) is 1. The molecular formula is C18H25NO4S. The van der Waals surface area contributed by atoms with Gasteiger partial charge < -0.3 is 10.0 Å². The third kappa shape index (κ3) is 6.00. The van der Waals surface area contributed by atoms with Gasteiger partial charge in [-0.3, -0.25) is 14.4 Å². The standard InChI is InChI=1S/C18H25NO4S/c1-12-6-8-14(9-7-12)19(10-15(20)21)16(22)13(2)11-24-17(23)18(3,4)5/h6-9,13H,10-11H2,1-5H3,(H,20,21). The van der Waals surface area contributed by atoms with E-state index in [0.717, 1.165) is 17.3 Å². The molecule has 0 fully saturated rings. The van der Waals surface area contributed by atoms with Gasteiger partial charge in [-0.05, 0) is 19.1 Å². The van der Waals surface area contributed by atoms with Crippen molar-refractivity contribution in [3.63, 3.8) is 0 Å². The molecule has 0 saturated heterocycles. The summed E-state index contributed by atoms with van der Waals surface area (Å²) in [4.78, 5) is 37.0. The Hall–Kier alpha value is -1.82. The van der Waals surface area contributed by atoms with E-state index in [4.69, 9.17) is 5.11 Å². The van der Waals surface area contributed by atoms with E-state index in [1.807, 2.05) is 39.8 Å². The lowest BCUT2D eigenvalue weighted by atomic mass is 10.00. The monoisotopic (exact) mass is 351 g/mol. The molecule has 0 saturated carbocycles. The average Bonchev–Trinajstić information content (AvgIpc) is 2.49. The van der Waals surface area contributed by atoms with Gasteiger partial charge in [0.25, 0.3) is 0 Å². The molecule has 1 amide bonds. The van der Waals surface area contributed by atoms with Crippen LogP contribution in [0.5, 0.6) is 0 Å². The Labute approximate surface area is 147 Å². The summed E-state index contributed by atoms with van der Waals surface area (Å²) in [6.45, 7) is 8.73. The van der Waals surface area contributed by atoms with Crippen LogP contribution < -0.4 is 4.90 Å². The van der Waals surface area contributed by atoms with E-state index in [1.165, 1.54) is 4.90 Å². The number of nitrogens with zero attached hydrogens (tertiary/aromatic N) is 1. The zero-order valence-corrected chi connectivity index (χ0v) is 15.6. The van der Waals surface area contributed by atoms with Gasteiger partial charge in [0.2, 0.25) is 5.91 Å². The highest BCUT2D eigenvalue weighted by molar-refractivity contribution is 8.13. The second-order valence-corrected chi connectivity index (χ2v) is 7.90. The fourth-order valence-corrected chi connectivity index (χ4v) is 2.89. The number of hydrogen-bond donors (Lipinski definition) is 1. The Morgan fingerprint density at radius 2 is 1.71 bits per heavy atom. The summed E-state index contributed by atoms with van der Waals surface area (Å²) in [5.41, 5.74) is 1.11. The highest BCUT2D eigenvalue weighted by Crippen LogP contribution is 2.25. The van der Waals surface area contributed by atoms with Gasteiger partial charge in [-0.1, -0.05) is 57.2 Å². The maximum absolute atomic E-state index is 12.7. The van der Waals surface area contributed by atoms with E-state index in [9.17, 15) is 14.4 Å². The Bertz CT molecular complexity index is 604. The number of thioether (sulfide) groups is 1. The first kappa shape index (κ1) is 20.2. The number of rotatable bonds is 6. The number of benzene rings is 1. The van der Waals surface area contributed by atoms with Crippen molar-refractivity contribution in [1.82, 2.24) is 0 Å². The minimum Gasteiger partial charge on any atom is -0.480 e. The Morgan fingerprint density at radius 1 is 1.17 bits per heavy atom. The van der Waals surface area contributed by atoms with E-state index in [1.54, 1.807) is 19.1 Å². The summed E-state index contributed by atoms with van der Waals surface area (Å²) in [6, 6.07) is 7.13. The topological polar surface area (TPSA) is 74.7 Å². The van der Waals surface area contributed by atoms with Crippen molar-refractivity contribution in [2.45, 2.75) is 34.6 Å². The Morgan fingerprint density at radius 3 is 2.17 bits per heavy atom. The molecule has 0 aromatic heterocycles. The second-order valence-electron chi connectivity index (χ2n) is 6.90. The number of carbonyl (C=O) groups excluding carboxylic acids is 2. The van der Waals surface area contributed by atoms with Crippen molar-refractivity contribution in [1.29, 1.82) is 0 Å². The van der Waals surface area contributed by atoms with Crippen molar-refractivity contribution in [3.8, 4) is 0 Å². The molecule has 132 valence electrons. The summed E-state index contributed by atoms with van der Waals surface area (Å²) in [7, 11) is 0. The molecule has 24 heavy (non-hydrogen) atoms. The molecule has 0 spiro atoms. The van der Waals surface area contributed by atoms with Crippen LogP contribution >= 0.6 is 11.8 Å². The van der Waals surface area contributed by atoms with Gasteiger partial charge in [0, 0.05) is 22.8 Å². The number of aliphatic carboxylic acids is 1. The minimum atomic E-state index is -1.07. The number of aryl methyl sites for hydroxylation is 1. The number of amides is 1. The molecule has 0 aliphatic heterocycles. The van der Waals surface area contributed by atoms with Crippen LogP contribution in [0.2, 0.25) is 0 Å². The van der Waals surface area contributed by atoms with Gasteiger partial charge in [0.15, 0.2) is 5.12 Å². The maximum Gasteiger partial charge on any atom is 0.323 e. The van der Waals surface area contributed by atoms with Crippen LogP contribution in [0, 0.1) is 18.3 Å². The predicted molar refractivity (Wildman–Crippen MR) is 97.3 cm³/mol. The van der Waals surface area contributed by atoms with Gasteiger partial charge >= 0.3 is 5.97 Å². The average molecular weight is 351 g/mol. The third-order valence-corrected chi connectivity index (χ3v) is 4.94. The van der Waals surface area contributed by atoms with Crippen LogP contribution in [0.25, 0.3) is 0 Å². The van der Waals surface area contributed by atoms with E-state index < -0.39 is 23.8 Å². The van der Waals surface area contributed by atoms with Crippen molar-refractivity contribution >= 4 is 34.4 Å². The zero-order chi connectivity index (χ0) is 18.5. The smallest absolute Gasteiger partial charge is 0.323 e. The fraction of sp³-hybridized carbons (Fsp3) is 0.500. The summed E-state index contributed by atoms with van der Waals surface area (Å²) in [6.07, 6.45) is 0. The molecule has 0 aliphatic carbocycles. The van der Waals surface area contributed by atoms with Crippen LogP contribution in [-0.4, -0.2) is 34.4 Å². The quantitative estimate of drug-likeness (QED) is 0.850. The Kier molecular flexibility index (Phi) is 7.02. The molecule has 0 aliphatic rings. The van der Waals surface area contributed by atoms with Gasteiger partial charge in [0.05, 0.1) is 0 Å². The van der Waals surface area contributed by atoms with Crippen LogP contribution in [-0.2, 0) is 14.4 Å². The second kappa shape index (κ2) is 8.33. The highest BCUT2D eigenvalue weighted by atomic mass is 32.2. The molecule has 1 rings (SSSR count). The van der Waals surface area contributed by atoms with Crippen LogP contribution in [0.15, 0.2) is 24.3 Å². The lowest BCUT2D eigenvalue weighted by Crippen LogP contribution is -2.40. The molecule has 5 nitrogen and oxygen atoms in total. The van der Waals surface area contributed by atoms with Gasteiger partial charge in [-0.2, -0.15) is 0 Å². The molecule has 1 unspecified atom stereocenters. The summed E-state index contributed by atoms with van der Waals surface area (Å²) in [5, 5.41) is 9.12. The van der Waals surface area contributed by atoms with Crippen molar-refractivity contribution in [3.05, 3.63) is 29.8 Å². The van der Waals surface area contributed by atoms with Crippen molar-refractivity contribution < 1.29 is 19.5 Å². The molecule has 0 radical (unpaired) electrons. The summed E-state index contributed by atoms with van der Waals surface area (Å²) >= 11 is 1.12. The molecule has 6 heteroatoms.